The largest absolute Gasteiger partial charge is 0.314 e. The first kappa shape index (κ1) is 10.7. The molecule has 1 aromatic rings. The van der Waals surface area contributed by atoms with Crippen LogP contribution >= 0.6 is 0 Å². The van der Waals surface area contributed by atoms with Crippen molar-refractivity contribution >= 4 is 0 Å². The van der Waals surface area contributed by atoms with E-state index in [1.54, 1.807) is 0 Å². The normalized spacial score (nSPS) is 21.5. The lowest BCUT2D eigenvalue weighted by Crippen LogP contribution is -2.34. The Bertz CT molecular complexity index is 300. The highest BCUT2D eigenvalue weighted by molar-refractivity contribution is 5.29. The highest BCUT2D eigenvalue weighted by Crippen LogP contribution is 2.15. The number of aryl methyl sites for hydroxylation is 1. The molecule has 2 rings (SSSR count). The van der Waals surface area contributed by atoms with Gasteiger partial charge >= 0.3 is 0 Å². The number of rotatable bonds is 3. The second kappa shape index (κ2) is 5.32. The van der Waals surface area contributed by atoms with Crippen LogP contribution in [0.25, 0.3) is 0 Å². The Morgan fingerprint density at radius 1 is 1.27 bits per heavy atom. The maximum atomic E-state index is 4.06. The quantitative estimate of drug-likeness (QED) is 0.794. The van der Waals surface area contributed by atoms with E-state index in [1.165, 1.54) is 43.4 Å². The van der Waals surface area contributed by atoms with E-state index in [-0.39, 0.29) is 0 Å². The number of benzene rings is 1. The van der Waals surface area contributed by atoms with Crippen molar-refractivity contribution in [2.45, 2.75) is 38.1 Å². The first-order chi connectivity index (χ1) is 7.36. The molecule has 0 spiro atoms. The molecule has 0 bridgehead atoms. The van der Waals surface area contributed by atoms with Crippen LogP contribution in [-0.4, -0.2) is 12.6 Å². The molecule has 1 aliphatic rings. The van der Waals surface area contributed by atoms with Crippen LogP contribution in [0.5, 0.6) is 0 Å². The summed E-state index contributed by atoms with van der Waals surface area (Å²) in [5.41, 5.74) is 2.60. The van der Waals surface area contributed by atoms with Gasteiger partial charge in [-0.1, -0.05) is 30.7 Å². The molecule has 1 fully saturated rings. The van der Waals surface area contributed by atoms with E-state index in [0.29, 0.717) is 0 Å². The molecular weight excluding hydrogens is 182 g/mol. The SMILES string of the molecule is [CH2]c1ccccc1CCC1CCCCN1. The third kappa shape index (κ3) is 3.07. The summed E-state index contributed by atoms with van der Waals surface area (Å²) in [4.78, 5) is 0. The second-order valence-electron chi connectivity index (χ2n) is 4.45. The Kier molecular flexibility index (Phi) is 3.79. The van der Waals surface area contributed by atoms with Gasteiger partial charge in [-0.3, -0.25) is 0 Å². The molecule has 1 heteroatoms. The van der Waals surface area contributed by atoms with E-state index in [1.807, 2.05) is 0 Å². The zero-order valence-corrected chi connectivity index (χ0v) is 9.34. The third-order valence-electron chi connectivity index (χ3n) is 3.29. The molecule has 0 aromatic heterocycles. The van der Waals surface area contributed by atoms with E-state index < -0.39 is 0 Å². The highest BCUT2D eigenvalue weighted by Gasteiger charge is 2.12. The van der Waals surface area contributed by atoms with Crippen molar-refractivity contribution in [1.82, 2.24) is 5.32 Å². The number of hydrogen-bond donors (Lipinski definition) is 1. The van der Waals surface area contributed by atoms with E-state index >= 15 is 0 Å². The predicted octanol–water partition coefficient (Wildman–Crippen LogP) is 2.94. The van der Waals surface area contributed by atoms with E-state index in [9.17, 15) is 0 Å². The van der Waals surface area contributed by atoms with Crippen molar-refractivity contribution < 1.29 is 0 Å². The molecule has 1 nitrogen and oxygen atoms in total. The molecule has 1 aromatic carbocycles. The van der Waals surface area contributed by atoms with Crippen LogP contribution < -0.4 is 5.32 Å². The molecule has 1 unspecified atom stereocenters. The lowest BCUT2D eigenvalue weighted by Gasteiger charge is -2.23. The van der Waals surface area contributed by atoms with Gasteiger partial charge in [0.1, 0.15) is 0 Å². The summed E-state index contributed by atoms with van der Waals surface area (Å²) in [7, 11) is 0. The zero-order valence-electron chi connectivity index (χ0n) is 9.34. The average Bonchev–Trinajstić information content (AvgIpc) is 2.29. The summed E-state index contributed by atoms with van der Waals surface area (Å²) in [5, 5.41) is 3.59. The molecular formula is C14H20N. The van der Waals surface area contributed by atoms with Crippen LogP contribution in [0.3, 0.4) is 0 Å². The summed E-state index contributed by atoms with van der Waals surface area (Å²) < 4.78 is 0. The zero-order chi connectivity index (χ0) is 10.5. The molecule has 1 atom stereocenters. The fourth-order valence-corrected chi connectivity index (χ4v) is 2.30. The van der Waals surface area contributed by atoms with E-state index in [0.717, 1.165) is 12.5 Å². The Balaban J connectivity index is 1.84. The first-order valence-corrected chi connectivity index (χ1v) is 5.99. The molecule has 1 saturated heterocycles. The van der Waals surface area contributed by atoms with Gasteiger partial charge in [0.05, 0.1) is 0 Å². The van der Waals surface area contributed by atoms with Crippen LogP contribution in [0.2, 0.25) is 0 Å². The molecule has 15 heavy (non-hydrogen) atoms. The van der Waals surface area contributed by atoms with Gasteiger partial charge in [-0.2, -0.15) is 0 Å². The molecule has 1 heterocycles. The maximum absolute atomic E-state index is 4.06. The van der Waals surface area contributed by atoms with Gasteiger partial charge in [0.2, 0.25) is 0 Å². The maximum Gasteiger partial charge on any atom is 0.00702 e. The predicted molar refractivity (Wildman–Crippen MR) is 64.9 cm³/mol. The van der Waals surface area contributed by atoms with Crippen molar-refractivity contribution in [2.24, 2.45) is 0 Å². The summed E-state index contributed by atoms with van der Waals surface area (Å²) in [6.45, 7) is 5.27. The van der Waals surface area contributed by atoms with Gasteiger partial charge in [0.25, 0.3) is 0 Å². The van der Waals surface area contributed by atoms with E-state index in [2.05, 4.69) is 36.5 Å². The monoisotopic (exact) mass is 202 g/mol. The van der Waals surface area contributed by atoms with Crippen molar-refractivity contribution in [3.05, 3.63) is 42.3 Å². The van der Waals surface area contributed by atoms with Gasteiger partial charge in [-0.15, -0.1) is 0 Å². The fourth-order valence-electron chi connectivity index (χ4n) is 2.30. The second-order valence-corrected chi connectivity index (χ2v) is 4.45. The lowest BCUT2D eigenvalue weighted by molar-refractivity contribution is 0.383. The van der Waals surface area contributed by atoms with Gasteiger partial charge in [0, 0.05) is 6.04 Å². The smallest absolute Gasteiger partial charge is 0.00702 e. The standard InChI is InChI=1S/C14H20N/c1-12-6-2-3-7-13(12)9-10-14-8-4-5-11-15-14/h2-3,6-7,14-15H,1,4-5,8-11H2. The van der Waals surface area contributed by atoms with Crippen molar-refractivity contribution in [3.8, 4) is 0 Å². The Labute approximate surface area is 92.9 Å². The highest BCUT2D eigenvalue weighted by atomic mass is 14.9. The first-order valence-electron chi connectivity index (χ1n) is 5.99. The summed E-state index contributed by atoms with van der Waals surface area (Å²) >= 11 is 0. The van der Waals surface area contributed by atoms with Crippen molar-refractivity contribution in [2.75, 3.05) is 6.54 Å². The lowest BCUT2D eigenvalue weighted by atomic mass is 9.96. The minimum atomic E-state index is 0.735. The summed E-state index contributed by atoms with van der Waals surface area (Å²) in [6.07, 6.45) is 6.51. The molecule has 0 saturated carbocycles. The Morgan fingerprint density at radius 2 is 2.13 bits per heavy atom. The molecule has 1 radical (unpaired) electrons. The topological polar surface area (TPSA) is 12.0 Å². The average molecular weight is 202 g/mol. The van der Waals surface area contributed by atoms with Crippen LogP contribution in [0.15, 0.2) is 24.3 Å². The van der Waals surface area contributed by atoms with Gasteiger partial charge in [-0.05, 0) is 50.3 Å². The third-order valence-corrected chi connectivity index (χ3v) is 3.29. The molecule has 0 aliphatic carbocycles. The van der Waals surface area contributed by atoms with Crippen LogP contribution in [-0.2, 0) is 6.42 Å². The molecule has 81 valence electrons. The van der Waals surface area contributed by atoms with Crippen molar-refractivity contribution in [3.63, 3.8) is 0 Å². The van der Waals surface area contributed by atoms with Crippen LogP contribution in [0.4, 0.5) is 0 Å². The van der Waals surface area contributed by atoms with Gasteiger partial charge in [0.15, 0.2) is 0 Å². The summed E-state index contributed by atoms with van der Waals surface area (Å²) in [5.74, 6) is 0. The fraction of sp³-hybridized carbons (Fsp3) is 0.500. The number of piperidine rings is 1. The molecule has 0 amide bonds. The van der Waals surface area contributed by atoms with E-state index in [4.69, 9.17) is 0 Å². The number of hydrogen-bond acceptors (Lipinski definition) is 1. The minimum absolute atomic E-state index is 0.735. The summed E-state index contributed by atoms with van der Waals surface area (Å²) in [6, 6.07) is 9.20. The Morgan fingerprint density at radius 3 is 2.87 bits per heavy atom. The van der Waals surface area contributed by atoms with Gasteiger partial charge < -0.3 is 5.32 Å². The molecule has 1 N–H and O–H groups in total. The van der Waals surface area contributed by atoms with Crippen LogP contribution in [0.1, 0.15) is 36.8 Å². The molecule has 1 aliphatic heterocycles. The Hall–Kier alpha value is -0.820. The van der Waals surface area contributed by atoms with Crippen LogP contribution in [0, 0.1) is 6.92 Å². The van der Waals surface area contributed by atoms with Gasteiger partial charge in [-0.25, -0.2) is 0 Å². The number of nitrogens with one attached hydrogen (secondary N) is 1. The van der Waals surface area contributed by atoms with Crippen molar-refractivity contribution in [1.29, 1.82) is 0 Å². The minimum Gasteiger partial charge on any atom is -0.314 e.